The fraction of sp³-hybridized carbons (Fsp3) is 0.0204. The summed E-state index contributed by atoms with van der Waals surface area (Å²) < 4.78 is 2.60. The van der Waals surface area contributed by atoms with E-state index in [-0.39, 0.29) is 0 Å². The van der Waals surface area contributed by atoms with E-state index in [9.17, 15) is 0 Å². The Morgan fingerprint density at radius 3 is 1.56 bits per heavy atom. The number of fused-ring (bicyclic) bond motifs is 6. The van der Waals surface area contributed by atoms with Gasteiger partial charge in [-0.3, -0.25) is 0 Å². The summed E-state index contributed by atoms with van der Waals surface area (Å²) in [7, 11) is 0. The van der Waals surface area contributed by atoms with Crippen molar-refractivity contribution in [3.8, 4) is 22.3 Å². The van der Waals surface area contributed by atoms with Crippen molar-refractivity contribution in [2.24, 2.45) is 0 Å². The highest BCUT2D eigenvalue weighted by atomic mass is 32.1. The molecule has 0 N–H and O–H groups in total. The second-order valence-corrected chi connectivity index (χ2v) is 14.4. The molecule has 1 heterocycles. The lowest BCUT2D eigenvalue weighted by atomic mass is 10.0. The molecule has 9 aromatic rings. The van der Waals surface area contributed by atoms with Crippen LogP contribution in [0.2, 0.25) is 0 Å². The van der Waals surface area contributed by atoms with Crippen LogP contribution in [-0.4, -0.2) is 0 Å². The minimum Gasteiger partial charge on any atom is -0.310 e. The number of anilines is 6. The van der Waals surface area contributed by atoms with Gasteiger partial charge in [0.25, 0.3) is 0 Å². The van der Waals surface area contributed by atoms with Gasteiger partial charge in [-0.05, 0) is 100 Å². The molecule has 246 valence electrons. The molecular formula is C49H34N2S. The minimum atomic E-state index is 0.937. The van der Waals surface area contributed by atoms with Gasteiger partial charge in [0.2, 0.25) is 0 Å². The zero-order valence-corrected chi connectivity index (χ0v) is 29.3. The van der Waals surface area contributed by atoms with E-state index >= 15 is 0 Å². The average Bonchev–Trinajstić information content (AvgIpc) is 3.79. The third-order valence-electron chi connectivity index (χ3n) is 10.3. The largest absolute Gasteiger partial charge is 0.310 e. The van der Waals surface area contributed by atoms with Crippen molar-refractivity contribution in [3.05, 3.63) is 205 Å². The lowest BCUT2D eigenvalue weighted by Gasteiger charge is -2.28. The Kier molecular flexibility index (Phi) is 7.44. The first-order valence-corrected chi connectivity index (χ1v) is 18.6. The van der Waals surface area contributed by atoms with Crippen molar-refractivity contribution in [3.63, 3.8) is 0 Å². The Morgan fingerprint density at radius 2 is 0.865 bits per heavy atom. The van der Waals surface area contributed by atoms with Gasteiger partial charge in [-0.1, -0.05) is 127 Å². The number of hydrogen-bond donors (Lipinski definition) is 0. The normalized spacial score (nSPS) is 11.8. The average molecular weight is 683 g/mol. The molecule has 1 aliphatic carbocycles. The van der Waals surface area contributed by atoms with E-state index in [0.29, 0.717) is 0 Å². The molecular weight excluding hydrogens is 649 g/mol. The van der Waals surface area contributed by atoms with Crippen LogP contribution in [0.3, 0.4) is 0 Å². The molecule has 1 aliphatic rings. The van der Waals surface area contributed by atoms with Crippen molar-refractivity contribution in [2.75, 3.05) is 9.80 Å². The molecule has 1 aromatic heterocycles. The summed E-state index contributed by atoms with van der Waals surface area (Å²) in [4.78, 5) is 4.79. The van der Waals surface area contributed by atoms with Crippen LogP contribution >= 0.6 is 11.3 Å². The standard InChI is InChI=1S/C49H34N2S/c1-3-14-37(15-4-1)50(46-22-11-20-42-41-18-8-7-13-36(41)33-45(42)46)39-29-25-34(26-30-39)35-27-31-40(32-28-35)51(38-16-5-2-6-17-38)47-23-12-21-44-43-19-9-10-24-48(43)52-49(44)47/h1-32H,33H2. The van der Waals surface area contributed by atoms with Crippen molar-refractivity contribution < 1.29 is 0 Å². The van der Waals surface area contributed by atoms with Gasteiger partial charge in [0.1, 0.15) is 0 Å². The van der Waals surface area contributed by atoms with Crippen LogP contribution in [0.1, 0.15) is 11.1 Å². The third-order valence-corrected chi connectivity index (χ3v) is 11.5. The lowest BCUT2D eigenvalue weighted by molar-refractivity contribution is 1.20. The van der Waals surface area contributed by atoms with Gasteiger partial charge in [0.15, 0.2) is 0 Å². The first-order valence-electron chi connectivity index (χ1n) is 17.8. The molecule has 0 saturated carbocycles. The smallest absolute Gasteiger partial charge is 0.0640 e. The molecule has 3 heteroatoms. The quantitative estimate of drug-likeness (QED) is 0.165. The molecule has 0 aliphatic heterocycles. The van der Waals surface area contributed by atoms with Gasteiger partial charge in [0, 0.05) is 44.6 Å². The number of rotatable bonds is 7. The lowest BCUT2D eigenvalue weighted by Crippen LogP contribution is -2.12. The fourth-order valence-electron chi connectivity index (χ4n) is 7.87. The van der Waals surface area contributed by atoms with Crippen LogP contribution in [0.5, 0.6) is 0 Å². The summed E-state index contributed by atoms with van der Waals surface area (Å²) in [6.45, 7) is 0. The third kappa shape index (κ3) is 5.17. The van der Waals surface area contributed by atoms with E-state index < -0.39 is 0 Å². The Hall–Kier alpha value is -6.42. The van der Waals surface area contributed by atoms with Crippen molar-refractivity contribution >= 4 is 65.6 Å². The Bertz CT molecular complexity index is 2700. The Labute approximate surface area is 308 Å². The molecule has 0 fully saturated rings. The maximum absolute atomic E-state index is 2.41. The molecule has 0 spiro atoms. The first kappa shape index (κ1) is 30.4. The maximum Gasteiger partial charge on any atom is 0.0640 e. The van der Waals surface area contributed by atoms with Crippen LogP contribution in [0.15, 0.2) is 194 Å². The molecule has 10 rings (SSSR count). The van der Waals surface area contributed by atoms with Crippen LogP contribution in [0, 0.1) is 0 Å². The number of thiophene rings is 1. The first-order chi connectivity index (χ1) is 25.8. The van der Waals surface area contributed by atoms with E-state index in [2.05, 4.69) is 204 Å². The summed E-state index contributed by atoms with van der Waals surface area (Å²) >= 11 is 1.86. The summed E-state index contributed by atoms with van der Waals surface area (Å²) in [5.41, 5.74) is 14.8. The molecule has 8 aromatic carbocycles. The number of benzene rings is 8. The highest BCUT2D eigenvalue weighted by Gasteiger charge is 2.25. The molecule has 0 saturated heterocycles. The zero-order chi connectivity index (χ0) is 34.4. The van der Waals surface area contributed by atoms with Gasteiger partial charge in [-0.25, -0.2) is 0 Å². The van der Waals surface area contributed by atoms with Gasteiger partial charge >= 0.3 is 0 Å². The zero-order valence-electron chi connectivity index (χ0n) is 28.5. The van der Waals surface area contributed by atoms with Crippen LogP contribution in [0.25, 0.3) is 42.4 Å². The summed E-state index contributed by atoms with van der Waals surface area (Å²) in [6, 6.07) is 70.4. The number of nitrogens with zero attached hydrogens (tertiary/aromatic N) is 2. The van der Waals surface area contributed by atoms with E-state index in [0.717, 1.165) is 29.2 Å². The van der Waals surface area contributed by atoms with Crippen molar-refractivity contribution in [1.82, 2.24) is 0 Å². The van der Waals surface area contributed by atoms with Crippen molar-refractivity contribution in [2.45, 2.75) is 6.42 Å². The second kappa shape index (κ2) is 12.7. The summed E-state index contributed by atoms with van der Waals surface area (Å²) in [5, 5.41) is 2.61. The Balaban J connectivity index is 1.01. The van der Waals surface area contributed by atoms with Crippen LogP contribution < -0.4 is 9.80 Å². The number of para-hydroxylation sites is 2. The monoisotopic (exact) mass is 682 g/mol. The highest BCUT2D eigenvalue weighted by Crippen LogP contribution is 2.47. The summed E-state index contributed by atoms with van der Waals surface area (Å²) in [6.07, 6.45) is 0.937. The topological polar surface area (TPSA) is 6.48 Å². The fourth-order valence-corrected chi connectivity index (χ4v) is 9.08. The predicted molar refractivity (Wildman–Crippen MR) is 222 cm³/mol. The van der Waals surface area contributed by atoms with Gasteiger partial charge < -0.3 is 9.80 Å². The minimum absolute atomic E-state index is 0.937. The van der Waals surface area contributed by atoms with E-state index in [1.54, 1.807) is 0 Å². The molecule has 0 unspecified atom stereocenters. The molecule has 52 heavy (non-hydrogen) atoms. The summed E-state index contributed by atoms with van der Waals surface area (Å²) in [5.74, 6) is 0. The maximum atomic E-state index is 2.41. The van der Waals surface area contributed by atoms with Gasteiger partial charge in [-0.2, -0.15) is 0 Å². The van der Waals surface area contributed by atoms with Gasteiger partial charge in [0.05, 0.1) is 16.1 Å². The van der Waals surface area contributed by atoms with E-state index in [1.165, 1.54) is 64.9 Å². The van der Waals surface area contributed by atoms with Crippen LogP contribution in [0.4, 0.5) is 34.1 Å². The van der Waals surface area contributed by atoms with E-state index in [4.69, 9.17) is 0 Å². The predicted octanol–water partition coefficient (Wildman–Crippen LogP) is 14.2. The van der Waals surface area contributed by atoms with Gasteiger partial charge in [-0.15, -0.1) is 11.3 Å². The molecule has 2 nitrogen and oxygen atoms in total. The molecule has 0 bridgehead atoms. The Morgan fingerprint density at radius 1 is 0.365 bits per heavy atom. The molecule has 0 amide bonds. The van der Waals surface area contributed by atoms with E-state index in [1.807, 2.05) is 11.3 Å². The molecule has 0 atom stereocenters. The number of hydrogen-bond acceptors (Lipinski definition) is 3. The SMILES string of the molecule is c1ccc(N(c2ccc(-c3ccc(N(c4ccccc4)c4cccc5c4sc4ccccc45)cc3)cc2)c2cccc3c2Cc2ccccc2-3)cc1. The second-order valence-electron chi connectivity index (χ2n) is 13.3. The molecule has 0 radical (unpaired) electrons. The van der Waals surface area contributed by atoms with Crippen molar-refractivity contribution in [1.29, 1.82) is 0 Å². The van der Waals surface area contributed by atoms with Crippen LogP contribution in [-0.2, 0) is 6.42 Å². The highest BCUT2D eigenvalue weighted by molar-refractivity contribution is 7.26.